The number of nitrogens with zero attached hydrogens (tertiary/aromatic N) is 4. The molecular formula is C35H35N5O6. The Bertz CT molecular complexity index is 1800. The molecule has 3 aromatic heterocycles. The van der Waals surface area contributed by atoms with Crippen LogP contribution in [0, 0.1) is 12.3 Å². The fourth-order valence-corrected chi connectivity index (χ4v) is 6.54. The van der Waals surface area contributed by atoms with Crippen LogP contribution in [0.4, 0.5) is 17.3 Å². The topological polar surface area (TPSA) is 127 Å². The van der Waals surface area contributed by atoms with E-state index >= 15 is 0 Å². The van der Waals surface area contributed by atoms with Crippen LogP contribution in [0.3, 0.4) is 0 Å². The molecule has 2 saturated heterocycles. The highest BCUT2D eigenvalue weighted by molar-refractivity contribution is 6.09. The first-order valence-corrected chi connectivity index (χ1v) is 15.6. The van der Waals surface area contributed by atoms with Crippen LogP contribution in [-0.2, 0) is 15.9 Å². The predicted octanol–water partition coefficient (Wildman–Crippen LogP) is 5.29. The van der Waals surface area contributed by atoms with Crippen molar-refractivity contribution >= 4 is 35.1 Å². The maximum Gasteiger partial charge on any atom is 0.374 e. The molecule has 6 heterocycles. The van der Waals surface area contributed by atoms with Gasteiger partial charge in [-0.25, -0.2) is 14.8 Å². The minimum Gasteiger partial charge on any atom is -0.460 e. The van der Waals surface area contributed by atoms with E-state index in [0.717, 1.165) is 50.3 Å². The van der Waals surface area contributed by atoms with E-state index in [2.05, 4.69) is 20.2 Å². The van der Waals surface area contributed by atoms with Crippen molar-refractivity contribution in [3.63, 3.8) is 0 Å². The van der Waals surface area contributed by atoms with Gasteiger partial charge in [-0.2, -0.15) is 0 Å². The lowest BCUT2D eigenvalue weighted by molar-refractivity contribution is -0.000512. The Morgan fingerprint density at radius 1 is 1.02 bits per heavy atom. The maximum atomic E-state index is 13.8. The standard InChI is InChI=1S/C35H35N5O6/c1-3-45-34(43)28-18-24-10-14-40(31-26(29(24)46-28)5-4-13-36-31)33(42)23-6-8-25(9-7-23)38-32(41)27-17-22(2)19-37-30(27)39-20-35(21-39)11-15-44-16-12-35/h4-9,13,17-19H,3,10-12,14-16,20-21H2,1-2H3,(H,38,41). The van der Waals surface area contributed by atoms with E-state index in [1.54, 1.807) is 60.6 Å². The van der Waals surface area contributed by atoms with Gasteiger partial charge in [0.05, 0.1) is 17.7 Å². The molecule has 46 heavy (non-hydrogen) atoms. The van der Waals surface area contributed by atoms with E-state index in [1.165, 1.54) is 0 Å². The third kappa shape index (κ3) is 5.51. The molecule has 0 unspecified atom stereocenters. The number of aromatic nitrogens is 2. The molecule has 2 amide bonds. The summed E-state index contributed by atoms with van der Waals surface area (Å²) in [5.74, 6) is 0.749. The van der Waals surface area contributed by atoms with Gasteiger partial charge >= 0.3 is 5.97 Å². The van der Waals surface area contributed by atoms with Crippen LogP contribution >= 0.6 is 0 Å². The number of rotatable bonds is 6. The number of furan rings is 1. The lowest BCUT2D eigenvalue weighted by Crippen LogP contribution is -2.59. The number of hydrogen-bond donors (Lipinski definition) is 1. The third-order valence-corrected chi connectivity index (χ3v) is 8.97. The number of benzene rings is 1. The molecule has 1 N–H and O–H groups in total. The van der Waals surface area contributed by atoms with E-state index in [0.29, 0.717) is 52.7 Å². The summed E-state index contributed by atoms with van der Waals surface area (Å²) in [6.07, 6.45) is 5.94. The summed E-state index contributed by atoms with van der Waals surface area (Å²) < 4.78 is 16.6. The second-order valence-electron chi connectivity index (χ2n) is 12.2. The molecule has 11 nitrogen and oxygen atoms in total. The van der Waals surface area contributed by atoms with E-state index < -0.39 is 5.97 Å². The molecule has 236 valence electrons. The fraction of sp³-hybridized carbons (Fsp3) is 0.343. The number of anilines is 3. The van der Waals surface area contributed by atoms with Gasteiger partial charge in [0.15, 0.2) is 0 Å². The summed E-state index contributed by atoms with van der Waals surface area (Å²) in [6.45, 7) is 7.54. The molecule has 0 radical (unpaired) electrons. The minimum atomic E-state index is -0.528. The molecule has 11 heteroatoms. The Morgan fingerprint density at radius 2 is 1.80 bits per heavy atom. The van der Waals surface area contributed by atoms with Gasteiger partial charge in [-0.15, -0.1) is 0 Å². The Balaban J connectivity index is 1.07. The number of nitrogens with one attached hydrogen (secondary N) is 1. The second-order valence-corrected chi connectivity index (χ2v) is 12.2. The van der Waals surface area contributed by atoms with Gasteiger partial charge in [0, 0.05) is 67.5 Å². The van der Waals surface area contributed by atoms with Gasteiger partial charge in [0.1, 0.15) is 17.4 Å². The summed E-state index contributed by atoms with van der Waals surface area (Å²) in [6, 6.07) is 14.0. The van der Waals surface area contributed by atoms with Gasteiger partial charge in [-0.3, -0.25) is 14.5 Å². The van der Waals surface area contributed by atoms with Crippen LogP contribution in [0.5, 0.6) is 0 Å². The van der Waals surface area contributed by atoms with E-state index in [-0.39, 0.29) is 29.6 Å². The number of carbonyl (C=O) groups is 3. The average Bonchev–Trinajstić information content (AvgIpc) is 3.42. The summed E-state index contributed by atoms with van der Waals surface area (Å²) in [5.41, 5.74) is 4.11. The third-order valence-electron chi connectivity index (χ3n) is 8.97. The van der Waals surface area contributed by atoms with E-state index in [4.69, 9.17) is 13.9 Å². The van der Waals surface area contributed by atoms with Gasteiger partial charge < -0.3 is 24.1 Å². The lowest BCUT2D eigenvalue weighted by Gasteiger charge is -2.53. The second kappa shape index (κ2) is 12.1. The van der Waals surface area contributed by atoms with Gasteiger partial charge in [-0.1, -0.05) is 0 Å². The summed E-state index contributed by atoms with van der Waals surface area (Å²) >= 11 is 0. The number of pyridine rings is 2. The van der Waals surface area contributed by atoms with E-state index in [9.17, 15) is 14.4 Å². The molecule has 0 atom stereocenters. The number of esters is 1. The highest BCUT2D eigenvalue weighted by Gasteiger charge is 2.45. The Hall–Kier alpha value is -5.03. The van der Waals surface area contributed by atoms with Crippen molar-refractivity contribution in [3.8, 4) is 11.3 Å². The number of ether oxygens (including phenoxy) is 2. The molecule has 3 aliphatic rings. The van der Waals surface area contributed by atoms with Crippen LogP contribution in [0.2, 0.25) is 0 Å². The van der Waals surface area contributed by atoms with Crippen LogP contribution in [0.15, 0.2) is 65.3 Å². The summed E-state index contributed by atoms with van der Waals surface area (Å²) in [7, 11) is 0. The summed E-state index contributed by atoms with van der Waals surface area (Å²) in [5, 5.41) is 2.99. The molecule has 1 spiro atoms. The van der Waals surface area contributed by atoms with E-state index in [1.807, 2.05) is 19.1 Å². The monoisotopic (exact) mass is 621 g/mol. The minimum absolute atomic E-state index is 0.126. The normalized spacial score (nSPS) is 16.6. The molecule has 1 aromatic carbocycles. The van der Waals surface area contributed by atoms with Crippen molar-refractivity contribution in [3.05, 3.63) is 88.9 Å². The van der Waals surface area contributed by atoms with Crippen LogP contribution in [0.1, 0.15) is 62.2 Å². The zero-order valence-corrected chi connectivity index (χ0v) is 25.9. The average molecular weight is 622 g/mol. The molecule has 0 bridgehead atoms. The van der Waals surface area contributed by atoms with Gasteiger partial charge in [0.25, 0.3) is 11.8 Å². The van der Waals surface area contributed by atoms with Crippen molar-refractivity contribution in [1.29, 1.82) is 0 Å². The molecule has 2 fully saturated rings. The van der Waals surface area contributed by atoms with Crippen LogP contribution in [-0.4, -0.2) is 67.2 Å². The predicted molar refractivity (Wildman–Crippen MR) is 171 cm³/mol. The van der Waals surface area contributed by atoms with Crippen LogP contribution in [0.25, 0.3) is 11.3 Å². The number of amides is 2. The highest BCUT2D eigenvalue weighted by Crippen LogP contribution is 2.42. The van der Waals surface area contributed by atoms with Crippen molar-refractivity contribution in [2.24, 2.45) is 5.41 Å². The Labute approximate surface area is 266 Å². The van der Waals surface area contributed by atoms with Crippen molar-refractivity contribution in [1.82, 2.24) is 9.97 Å². The Kier molecular flexibility index (Phi) is 7.77. The van der Waals surface area contributed by atoms with Crippen LogP contribution < -0.4 is 15.1 Å². The van der Waals surface area contributed by atoms with Gasteiger partial charge in [-0.05, 0) is 87.2 Å². The molecule has 4 aromatic rings. The first-order chi connectivity index (χ1) is 22.3. The zero-order chi connectivity index (χ0) is 31.8. The fourth-order valence-electron chi connectivity index (χ4n) is 6.54. The SMILES string of the molecule is CCOC(=O)c1cc2c(o1)-c1cccnc1N(C(=O)c1ccc(NC(=O)c3cc(C)cnc3N3CC4(CCOCC4)C3)cc1)CC2. The number of carbonyl (C=O) groups excluding carboxylic acids is 3. The molecule has 3 aliphatic heterocycles. The largest absolute Gasteiger partial charge is 0.460 e. The first kappa shape index (κ1) is 29.7. The molecule has 0 saturated carbocycles. The zero-order valence-electron chi connectivity index (χ0n) is 25.9. The first-order valence-electron chi connectivity index (χ1n) is 15.6. The molecule has 7 rings (SSSR count). The van der Waals surface area contributed by atoms with Crippen molar-refractivity contribution < 1.29 is 28.3 Å². The van der Waals surface area contributed by atoms with Crippen molar-refractivity contribution in [2.75, 3.05) is 54.6 Å². The Morgan fingerprint density at radius 3 is 2.57 bits per heavy atom. The smallest absolute Gasteiger partial charge is 0.374 e. The van der Waals surface area contributed by atoms with Gasteiger partial charge in [0.2, 0.25) is 5.76 Å². The number of aryl methyl sites for hydroxylation is 1. The lowest BCUT2D eigenvalue weighted by atomic mass is 9.73. The number of hydrogen-bond acceptors (Lipinski definition) is 9. The molecule has 0 aliphatic carbocycles. The summed E-state index contributed by atoms with van der Waals surface area (Å²) in [4.78, 5) is 52.5. The maximum absolute atomic E-state index is 13.8. The highest BCUT2D eigenvalue weighted by atomic mass is 16.5. The van der Waals surface area contributed by atoms with Crippen molar-refractivity contribution in [2.45, 2.75) is 33.1 Å². The molecular weight excluding hydrogens is 586 g/mol. The number of fused-ring (bicyclic) bond motifs is 3. The quantitative estimate of drug-likeness (QED) is 0.286.